The average molecular weight is 325 g/mol. The van der Waals surface area contributed by atoms with Crippen molar-refractivity contribution in [1.29, 1.82) is 5.26 Å². The van der Waals surface area contributed by atoms with Gasteiger partial charge in [0, 0.05) is 12.2 Å². The number of carbonyl (C=O) groups is 2. The molecule has 1 atom stereocenters. The van der Waals surface area contributed by atoms with E-state index < -0.39 is 17.9 Å². The third-order valence-electron chi connectivity index (χ3n) is 3.64. The Morgan fingerprint density at radius 2 is 2.09 bits per heavy atom. The maximum Gasteiger partial charge on any atom is 0.326 e. The van der Waals surface area contributed by atoms with Gasteiger partial charge in [-0.15, -0.1) is 0 Å². The highest BCUT2D eigenvalue weighted by atomic mass is 32.2. The Hall–Kier alpha value is -1.68. The van der Waals surface area contributed by atoms with Gasteiger partial charge in [0.25, 0.3) is 5.91 Å². The number of thioether (sulfide) groups is 1. The average Bonchev–Trinajstić information content (AvgIpc) is 2.51. The van der Waals surface area contributed by atoms with Crippen LogP contribution >= 0.6 is 11.8 Å². The van der Waals surface area contributed by atoms with Crippen LogP contribution in [0.15, 0.2) is 11.8 Å². The monoisotopic (exact) mass is 325 g/mol. The molecule has 1 saturated carbocycles. The van der Waals surface area contributed by atoms with Gasteiger partial charge in [0.15, 0.2) is 0 Å². The summed E-state index contributed by atoms with van der Waals surface area (Å²) in [5.41, 5.74) is -0.0824. The molecule has 1 unspecified atom stereocenters. The molecule has 0 spiro atoms. The van der Waals surface area contributed by atoms with Gasteiger partial charge in [0.05, 0.1) is 0 Å². The van der Waals surface area contributed by atoms with Gasteiger partial charge >= 0.3 is 5.97 Å². The molecule has 1 aliphatic carbocycles. The summed E-state index contributed by atoms with van der Waals surface area (Å²) in [6.45, 7) is 0. The van der Waals surface area contributed by atoms with Gasteiger partial charge < -0.3 is 15.7 Å². The normalized spacial score (nSPS) is 17.4. The van der Waals surface area contributed by atoms with Crippen molar-refractivity contribution in [3.8, 4) is 6.07 Å². The summed E-state index contributed by atoms with van der Waals surface area (Å²) in [6.07, 6.45) is 8.77. The quantitative estimate of drug-likeness (QED) is 0.463. The molecule has 0 aromatic rings. The summed E-state index contributed by atoms with van der Waals surface area (Å²) in [7, 11) is 0. The lowest BCUT2D eigenvalue weighted by molar-refractivity contribution is -0.139. The molecular formula is C15H23N3O3S. The van der Waals surface area contributed by atoms with E-state index in [2.05, 4.69) is 10.6 Å². The number of hydrogen-bond acceptors (Lipinski definition) is 5. The summed E-state index contributed by atoms with van der Waals surface area (Å²) in [5, 5.41) is 23.7. The van der Waals surface area contributed by atoms with Crippen LogP contribution in [0.25, 0.3) is 0 Å². The summed E-state index contributed by atoms with van der Waals surface area (Å²) >= 11 is 1.55. The number of aliphatic carboxylic acids is 1. The van der Waals surface area contributed by atoms with E-state index in [0.717, 1.165) is 25.7 Å². The first-order chi connectivity index (χ1) is 10.6. The highest BCUT2D eigenvalue weighted by Crippen LogP contribution is 2.17. The number of carboxylic acid groups (broad SMARTS) is 1. The Morgan fingerprint density at radius 3 is 2.64 bits per heavy atom. The Kier molecular flexibility index (Phi) is 8.44. The lowest BCUT2D eigenvalue weighted by atomic mass is 9.95. The number of nitrogens with one attached hydrogen (secondary N) is 2. The van der Waals surface area contributed by atoms with Crippen molar-refractivity contribution in [1.82, 2.24) is 10.6 Å². The van der Waals surface area contributed by atoms with E-state index in [1.807, 2.05) is 12.3 Å². The summed E-state index contributed by atoms with van der Waals surface area (Å²) < 4.78 is 0. The number of nitrogens with zero attached hydrogens (tertiary/aromatic N) is 1. The zero-order chi connectivity index (χ0) is 16.4. The summed E-state index contributed by atoms with van der Waals surface area (Å²) in [5.74, 6) is -0.736. The Bertz CT molecular complexity index is 453. The van der Waals surface area contributed by atoms with E-state index >= 15 is 0 Å². The molecule has 3 N–H and O–H groups in total. The second-order valence-electron chi connectivity index (χ2n) is 5.32. The van der Waals surface area contributed by atoms with E-state index in [4.69, 9.17) is 10.4 Å². The van der Waals surface area contributed by atoms with E-state index in [1.165, 1.54) is 12.6 Å². The highest BCUT2D eigenvalue weighted by molar-refractivity contribution is 7.98. The number of carboxylic acids is 1. The van der Waals surface area contributed by atoms with Crippen molar-refractivity contribution in [2.24, 2.45) is 0 Å². The predicted molar refractivity (Wildman–Crippen MR) is 86.3 cm³/mol. The molecule has 1 aliphatic rings. The first kappa shape index (κ1) is 18.4. The number of carbonyl (C=O) groups excluding carboxylic acids is 1. The van der Waals surface area contributed by atoms with Crippen LogP contribution in [-0.4, -0.2) is 41.1 Å². The molecule has 1 fully saturated rings. The zero-order valence-corrected chi connectivity index (χ0v) is 13.6. The molecule has 122 valence electrons. The standard InChI is InChI=1S/C15H23N3O3S/c1-22-8-7-13(15(20)21)17-10-11(9-16)14(19)18-12-5-3-2-4-6-12/h10,12-13,17H,2-8H2,1H3,(H,18,19)(H,20,21)/b11-10-. The third-order valence-corrected chi connectivity index (χ3v) is 4.29. The molecule has 0 radical (unpaired) electrons. The minimum atomic E-state index is -0.990. The minimum Gasteiger partial charge on any atom is -0.480 e. The third kappa shape index (κ3) is 6.39. The fraction of sp³-hybridized carbons (Fsp3) is 0.667. The van der Waals surface area contributed by atoms with Gasteiger partial charge in [0.1, 0.15) is 17.7 Å². The fourth-order valence-corrected chi connectivity index (χ4v) is 2.83. The van der Waals surface area contributed by atoms with Gasteiger partial charge in [0.2, 0.25) is 0 Å². The molecule has 1 rings (SSSR count). The lowest BCUT2D eigenvalue weighted by Crippen LogP contribution is -2.38. The molecule has 7 heteroatoms. The second-order valence-corrected chi connectivity index (χ2v) is 6.30. The highest BCUT2D eigenvalue weighted by Gasteiger charge is 2.19. The van der Waals surface area contributed by atoms with Gasteiger partial charge in [-0.3, -0.25) is 4.79 Å². The number of rotatable bonds is 8. The molecule has 0 aromatic heterocycles. The van der Waals surface area contributed by atoms with Gasteiger partial charge in [-0.1, -0.05) is 19.3 Å². The maximum atomic E-state index is 12.0. The maximum absolute atomic E-state index is 12.0. The van der Waals surface area contributed by atoms with Crippen LogP contribution in [0.4, 0.5) is 0 Å². The molecule has 6 nitrogen and oxygen atoms in total. The first-order valence-electron chi connectivity index (χ1n) is 7.47. The van der Waals surface area contributed by atoms with Crippen molar-refractivity contribution >= 4 is 23.6 Å². The van der Waals surface area contributed by atoms with Crippen molar-refractivity contribution in [3.05, 3.63) is 11.8 Å². The van der Waals surface area contributed by atoms with Gasteiger partial charge in [-0.25, -0.2) is 4.79 Å². The van der Waals surface area contributed by atoms with E-state index in [0.29, 0.717) is 12.2 Å². The van der Waals surface area contributed by atoms with Gasteiger partial charge in [-0.2, -0.15) is 17.0 Å². The Labute approximate surface area is 135 Å². The van der Waals surface area contributed by atoms with Crippen LogP contribution < -0.4 is 10.6 Å². The molecular weight excluding hydrogens is 302 g/mol. The Balaban J connectivity index is 2.58. The molecule has 0 saturated heterocycles. The molecule has 22 heavy (non-hydrogen) atoms. The largest absolute Gasteiger partial charge is 0.480 e. The number of nitriles is 1. The van der Waals surface area contributed by atoms with E-state index in [1.54, 1.807) is 11.8 Å². The predicted octanol–water partition coefficient (Wildman–Crippen LogP) is 1.64. The molecule has 0 aliphatic heterocycles. The van der Waals surface area contributed by atoms with E-state index in [-0.39, 0.29) is 11.6 Å². The van der Waals surface area contributed by atoms with Crippen molar-refractivity contribution in [2.75, 3.05) is 12.0 Å². The molecule has 1 amide bonds. The fourth-order valence-electron chi connectivity index (χ4n) is 2.36. The van der Waals surface area contributed by atoms with Crippen LogP contribution in [0.1, 0.15) is 38.5 Å². The molecule has 0 bridgehead atoms. The first-order valence-corrected chi connectivity index (χ1v) is 8.86. The molecule has 0 heterocycles. The van der Waals surface area contributed by atoms with E-state index in [9.17, 15) is 9.59 Å². The lowest BCUT2D eigenvalue weighted by Gasteiger charge is -2.22. The van der Waals surface area contributed by atoms with Crippen molar-refractivity contribution in [2.45, 2.75) is 50.6 Å². The summed E-state index contributed by atoms with van der Waals surface area (Å²) in [6, 6.07) is 1.15. The second kappa shape index (κ2) is 10.1. The van der Waals surface area contributed by atoms with Gasteiger partial charge in [-0.05, 0) is 31.3 Å². The number of amides is 1. The minimum absolute atomic E-state index is 0.0824. The topological polar surface area (TPSA) is 102 Å². The Morgan fingerprint density at radius 1 is 1.41 bits per heavy atom. The van der Waals surface area contributed by atoms with Crippen LogP contribution in [0.2, 0.25) is 0 Å². The summed E-state index contributed by atoms with van der Waals surface area (Å²) in [4.78, 5) is 23.2. The van der Waals surface area contributed by atoms with Crippen LogP contribution in [-0.2, 0) is 9.59 Å². The van der Waals surface area contributed by atoms with Crippen LogP contribution in [0, 0.1) is 11.3 Å². The molecule has 0 aromatic carbocycles. The van der Waals surface area contributed by atoms with Crippen molar-refractivity contribution in [3.63, 3.8) is 0 Å². The van der Waals surface area contributed by atoms with Crippen LogP contribution in [0.3, 0.4) is 0 Å². The smallest absolute Gasteiger partial charge is 0.326 e. The zero-order valence-electron chi connectivity index (χ0n) is 12.8. The number of hydrogen-bond donors (Lipinski definition) is 3. The van der Waals surface area contributed by atoms with Crippen molar-refractivity contribution < 1.29 is 14.7 Å². The van der Waals surface area contributed by atoms with Crippen LogP contribution in [0.5, 0.6) is 0 Å². The SMILES string of the molecule is CSCCC(N/C=C(/C#N)C(=O)NC1CCCCC1)C(=O)O.